The van der Waals surface area contributed by atoms with E-state index in [2.05, 4.69) is 0 Å². The molecule has 0 spiro atoms. The summed E-state index contributed by atoms with van der Waals surface area (Å²) in [6.07, 6.45) is -0.630. The molecule has 0 aromatic heterocycles. The Morgan fingerprint density at radius 1 is 1.35 bits per heavy atom. The minimum absolute atomic E-state index is 0.138. The van der Waals surface area contributed by atoms with Crippen LogP contribution in [0.25, 0.3) is 0 Å². The average Bonchev–Trinajstić information content (AvgIpc) is 2.29. The molecule has 4 heteroatoms. The molecule has 0 saturated heterocycles. The maximum absolute atomic E-state index is 11.5. The van der Waals surface area contributed by atoms with Crippen LogP contribution in [0.15, 0.2) is 24.3 Å². The summed E-state index contributed by atoms with van der Waals surface area (Å²) < 4.78 is 10.4. The molecule has 0 saturated carbocycles. The fourth-order valence-electron chi connectivity index (χ4n) is 1.46. The van der Waals surface area contributed by atoms with Gasteiger partial charge in [0.25, 0.3) is 0 Å². The first-order valence-electron chi connectivity index (χ1n) is 5.74. The molecule has 0 bridgehead atoms. The fraction of sp³-hybridized carbons (Fsp3) is 0.462. The summed E-state index contributed by atoms with van der Waals surface area (Å²) in [4.78, 5) is 11.5. The molecule has 1 aromatic carbocycles. The smallest absolute Gasteiger partial charge is 0.347 e. The molecule has 0 aliphatic heterocycles. The Morgan fingerprint density at radius 3 is 2.59 bits per heavy atom. The van der Waals surface area contributed by atoms with Crippen molar-refractivity contribution in [3.63, 3.8) is 0 Å². The molecule has 0 fully saturated rings. The van der Waals surface area contributed by atoms with E-state index in [4.69, 9.17) is 15.2 Å². The molecular weight excluding hydrogens is 218 g/mol. The second-order valence-electron chi connectivity index (χ2n) is 3.84. The van der Waals surface area contributed by atoms with Crippen LogP contribution in [0.1, 0.15) is 32.4 Å². The second-order valence-corrected chi connectivity index (χ2v) is 3.84. The van der Waals surface area contributed by atoms with E-state index in [1.807, 2.05) is 25.1 Å². The average molecular weight is 237 g/mol. The number of rotatable bonds is 5. The van der Waals surface area contributed by atoms with Crippen LogP contribution >= 0.6 is 0 Å². The lowest BCUT2D eigenvalue weighted by Crippen LogP contribution is -2.26. The van der Waals surface area contributed by atoms with Gasteiger partial charge in [-0.15, -0.1) is 0 Å². The van der Waals surface area contributed by atoms with Crippen molar-refractivity contribution in [2.75, 3.05) is 6.61 Å². The van der Waals surface area contributed by atoms with Crippen LogP contribution < -0.4 is 10.5 Å². The number of ether oxygens (including phenoxy) is 2. The van der Waals surface area contributed by atoms with Gasteiger partial charge in [-0.1, -0.05) is 18.2 Å². The van der Waals surface area contributed by atoms with Crippen molar-refractivity contribution in [2.45, 2.75) is 32.9 Å². The van der Waals surface area contributed by atoms with Crippen molar-refractivity contribution < 1.29 is 14.3 Å². The summed E-state index contributed by atoms with van der Waals surface area (Å²) in [5.74, 6) is 0.259. The van der Waals surface area contributed by atoms with Crippen molar-refractivity contribution in [1.82, 2.24) is 0 Å². The first kappa shape index (κ1) is 13.5. The maximum atomic E-state index is 11.5. The van der Waals surface area contributed by atoms with Crippen molar-refractivity contribution in [3.8, 4) is 5.75 Å². The van der Waals surface area contributed by atoms with Gasteiger partial charge < -0.3 is 15.2 Å². The molecule has 0 amide bonds. The third kappa shape index (κ3) is 3.75. The standard InChI is InChI=1S/C13H19NO3/c1-4-16-13(15)10(3)17-12-8-6-5-7-11(12)9(2)14/h5-10H,4,14H2,1-3H3/t9-,10?/m0/s1. The van der Waals surface area contributed by atoms with Crippen LogP contribution in [0.3, 0.4) is 0 Å². The summed E-state index contributed by atoms with van der Waals surface area (Å²) in [7, 11) is 0. The zero-order valence-electron chi connectivity index (χ0n) is 10.5. The van der Waals surface area contributed by atoms with E-state index >= 15 is 0 Å². The number of carbonyl (C=O) groups is 1. The molecule has 0 heterocycles. The molecular formula is C13H19NO3. The molecule has 17 heavy (non-hydrogen) atoms. The highest BCUT2D eigenvalue weighted by Crippen LogP contribution is 2.24. The van der Waals surface area contributed by atoms with E-state index in [1.54, 1.807) is 19.9 Å². The molecule has 4 nitrogen and oxygen atoms in total. The van der Waals surface area contributed by atoms with Crippen LogP contribution in [0.2, 0.25) is 0 Å². The molecule has 2 N–H and O–H groups in total. The Kier molecular flexibility index (Phi) is 4.97. The Hall–Kier alpha value is -1.55. The predicted octanol–water partition coefficient (Wildman–Crippen LogP) is 2.04. The molecule has 1 rings (SSSR count). The van der Waals surface area contributed by atoms with Gasteiger partial charge in [0.1, 0.15) is 5.75 Å². The minimum atomic E-state index is -0.630. The van der Waals surface area contributed by atoms with E-state index in [0.29, 0.717) is 12.4 Å². The number of para-hydroxylation sites is 1. The van der Waals surface area contributed by atoms with E-state index in [0.717, 1.165) is 5.56 Å². The lowest BCUT2D eigenvalue weighted by Gasteiger charge is -2.17. The normalized spacial score (nSPS) is 13.9. The first-order valence-corrected chi connectivity index (χ1v) is 5.74. The van der Waals surface area contributed by atoms with Gasteiger partial charge in [-0.25, -0.2) is 4.79 Å². The number of carbonyl (C=O) groups excluding carboxylic acids is 1. The number of hydrogen-bond donors (Lipinski definition) is 1. The number of benzene rings is 1. The Bertz CT molecular complexity index is 377. The zero-order valence-corrected chi connectivity index (χ0v) is 10.5. The highest BCUT2D eigenvalue weighted by molar-refractivity contribution is 5.74. The van der Waals surface area contributed by atoms with Crippen LogP contribution in [-0.4, -0.2) is 18.7 Å². The lowest BCUT2D eigenvalue weighted by molar-refractivity contribution is -0.150. The van der Waals surface area contributed by atoms with Gasteiger partial charge in [-0.05, 0) is 26.8 Å². The van der Waals surface area contributed by atoms with Gasteiger partial charge in [-0.2, -0.15) is 0 Å². The van der Waals surface area contributed by atoms with Crippen LogP contribution in [-0.2, 0) is 9.53 Å². The van der Waals surface area contributed by atoms with Gasteiger partial charge in [0, 0.05) is 11.6 Å². The van der Waals surface area contributed by atoms with E-state index in [9.17, 15) is 4.79 Å². The third-order valence-corrected chi connectivity index (χ3v) is 2.33. The fourth-order valence-corrected chi connectivity index (χ4v) is 1.46. The van der Waals surface area contributed by atoms with E-state index in [1.165, 1.54) is 0 Å². The van der Waals surface area contributed by atoms with Gasteiger partial charge in [0.05, 0.1) is 6.61 Å². The van der Waals surface area contributed by atoms with Gasteiger partial charge in [0.2, 0.25) is 0 Å². The molecule has 0 aliphatic carbocycles. The second kappa shape index (κ2) is 6.25. The SMILES string of the molecule is CCOC(=O)C(C)Oc1ccccc1[C@H](C)N. The highest BCUT2D eigenvalue weighted by atomic mass is 16.6. The number of esters is 1. The van der Waals surface area contributed by atoms with Gasteiger partial charge >= 0.3 is 5.97 Å². The summed E-state index contributed by atoms with van der Waals surface area (Å²) in [5.41, 5.74) is 6.71. The predicted molar refractivity (Wildman–Crippen MR) is 65.8 cm³/mol. The van der Waals surface area contributed by atoms with Gasteiger partial charge in [0.15, 0.2) is 6.10 Å². The zero-order chi connectivity index (χ0) is 12.8. The summed E-state index contributed by atoms with van der Waals surface area (Å²) in [6, 6.07) is 7.28. The summed E-state index contributed by atoms with van der Waals surface area (Å²) >= 11 is 0. The summed E-state index contributed by atoms with van der Waals surface area (Å²) in [6.45, 7) is 5.65. The highest BCUT2D eigenvalue weighted by Gasteiger charge is 2.17. The maximum Gasteiger partial charge on any atom is 0.347 e. The number of hydrogen-bond acceptors (Lipinski definition) is 4. The lowest BCUT2D eigenvalue weighted by atomic mass is 10.1. The molecule has 1 aromatic rings. The molecule has 2 atom stereocenters. The Balaban J connectivity index is 2.77. The third-order valence-electron chi connectivity index (χ3n) is 2.33. The summed E-state index contributed by atoms with van der Waals surface area (Å²) in [5, 5.41) is 0. The van der Waals surface area contributed by atoms with E-state index < -0.39 is 6.10 Å². The van der Waals surface area contributed by atoms with Crippen molar-refractivity contribution in [1.29, 1.82) is 0 Å². The quantitative estimate of drug-likeness (QED) is 0.796. The Labute approximate surface area is 102 Å². The van der Waals surface area contributed by atoms with Crippen molar-refractivity contribution >= 4 is 5.97 Å². The van der Waals surface area contributed by atoms with Crippen LogP contribution in [0, 0.1) is 0 Å². The first-order chi connectivity index (χ1) is 8.06. The molecule has 94 valence electrons. The van der Waals surface area contributed by atoms with Gasteiger partial charge in [-0.3, -0.25) is 0 Å². The van der Waals surface area contributed by atoms with Crippen LogP contribution in [0.5, 0.6) is 5.75 Å². The van der Waals surface area contributed by atoms with Crippen molar-refractivity contribution in [3.05, 3.63) is 29.8 Å². The minimum Gasteiger partial charge on any atom is -0.479 e. The molecule has 1 unspecified atom stereocenters. The van der Waals surface area contributed by atoms with Crippen LogP contribution in [0.4, 0.5) is 0 Å². The topological polar surface area (TPSA) is 61.5 Å². The number of nitrogens with two attached hydrogens (primary N) is 1. The van der Waals surface area contributed by atoms with Crippen molar-refractivity contribution in [2.24, 2.45) is 5.73 Å². The largest absolute Gasteiger partial charge is 0.479 e. The molecule has 0 aliphatic rings. The van der Waals surface area contributed by atoms with E-state index in [-0.39, 0.29) is 12.0 Å². The monoisotopic (exact) mass is 237 g/mol. The Morgan fingerprint density at radius 2 is 2.00 bits per heavy atom. The molecule has 0 radical (unpaired) electrons.